The van der Waals surface area contributed by atoms with E-state index in [1.54, 1.807) is 12.4 Å². The lowest BCUT2D eigenvalue weighted by Gasteiger charge is -2.27. The molecule has 0 aromatic carbocycles. The van der Waals surface area contributed by atoms with Crippen LogP contribution in [0.2, 0.25) is 0 Å². The Hall–Kier alpha value is -1.40. The minimum atomic E-state index is 0.0450. The predicted molar refractivity (Wildman–Crippen MR) is 66.8 cm³/mol. The van der Waals surface area contributed by atoms with Crippen LogP contribution < -0.4 is 10.6 Å². The number of nitrogens with two attached hydrogens (primary N) is 1. The Kier molecular flexibility index (Phi) is 5.65. The van der Waals surface area contributed by atoms with Crippen molar-refractivity contribution in [3.05, 3.63) is 12.4 Å². The smallest absolute Gasteiger partial charge is 0.147 e. The SMILES string of the molecule is CC(C)N(CCOCCO)c1cnc(N)cn1. The molecule has 1 heterocycles. The molecule has 96 valence electrons. The largest absolute Gasteiger partial charge is 0.394 e. The van der Waals surface area contributed by atoms with Crippen LogP contribution in [0.5, 0.6) is 0 Å². The van der Waals surface area contributed by atoms with E-state index in [0.29, 0.717) is 31.6 Å². The zero-order valence-electron chi connectivity index (χ0n) is 10.3. The van der Waals surface area contributed by atoms with E-state index in [0.717, 1.165) is 5.82 Å². The van der Waals surface area contributed by atoms with E-state index in [9.17, 15) is 0 Å². The third-order valence-corrected chi connectivity index (χ3v) is 2.29. The van der Waals surface area contributed by atoms with Gasteiger partial charge in [-0.3, -0.25) is 0 Å². The molecule has 0 fully saturated rings. The number of ether oxygens (including phenoxy) is 1. The number of aliphatic hydroxyl groups is 1. The highest BCUT2D eigenvalue weighted by atomic mass is 16.5. The molecule has 0 saturated carbocycles. The summed E-state index contributed by atoms with van der Waals surface area (Å²) in [5, 5.41) is 8.61. The van der Waals surface area contributed by atoms with Gasteiger partial charge in [0.1, 0.15) is 11.6 Å². The molecule has 0 amide bonds. The predicted octanol–water partition coefficient (Wildman–Crippen LogP) is 0.283. The maximum atomic E-state index is 8.61. The van der Waals surface area contributed by atoms with Crippen molar-refractivity contribution >= 4 is 11.6 Å². The zero-order chi connectivity index (χ0) is 12.7. The highest BCUT2D eigenvalue weighted by Gasteiger charge is 2.11. The van der Waals surface area contributed by atoms with Gasteiger partial charge >= 0.3 is 0 Å². The summed E-state index contributed by atoms with van der Waals surface area (Å²) >= 11 is 0. The fourth-order valence-corrected chi connectivity index (χ4v) is 1.45. The first-order chi connectivity index (χ1) is 8.15. The van der Waals surface area contributed by atoms with Gasteiger partial charge in [-0.25, -0.2) is 9.97 Å². The summed E-state index contributed by atoms with van der Waals surface area (Å²) in [6.07, 6.45) is 3.20. The quantitative estimate of drug-likeness (QED) is 0.666. The second kappa shape index (κ2) is 7.03. The van der Waals surface area contributed by atoms with E-state index in [-0.39, 0.29) is 6.61 Å². The van der Waals surface area contributed by atoms with Crippen molar-refractivity contribution in [3.63, 3.8) is 0 Å². The second-order valence-electron chi connectivity index (χ2n) is 3.92. The van der Waals surface area contributed by atoms with Crippen LogP contribution in [0.25, 0.3) is 0 Å². The molecule has 0 spiro atoms. The molecule has 0 atom stereocenters. The van der Waals surface area contributed by atoms with E-state index >= 15 is 0 Å². The molecule has 1 aromatic heterocycles. The number of hydrogen-bond acceptors (Lipinski definition) is 6. The molecule has 0 aliphatic carbocycles. The summed E-state index contributed by atoms with van der Waals surface area (Å²) in [6, 6.07) is 0.297. The third kappa shape index (κ3) is 4.54. The van der Waals surface area contributed by atoms with E-state index in [1.165, 1.54) is 0 Å². The number of aliphatic hydroxyl groups excluding tert-OH is 1. The van der Waals surface area contributed by atoms with Crippen LogP contribution in [-0.2, 0) is 4.74 Å². The third-order valence-electron chi connectivity index (χ3n) is 2.29. The fourth-order valence-electron chi connectivity index (χ4n) is 1.45. The number of nitrogen functional groups attached to an aromatic ring is 1. The summed E-state index contributed by atoms with van der Waals surface area (Å²) in [5.74, 6) is 1.19. The van der Waals surface area contributed by atoms with Crippen molar-refractivity contribution in [2.45, 2.75) is 19.9 Å². The number of anilines is 2. The van der Waals surface area contributed by atoms with Crippen LogP contribution in [0.4, 0.5) is 11.6 Å². The van der Waals surface area contributed by atoms with Gasteiger partial charge in [-0.2, -0.15) is 0 Å². The maximum absolute atomic E-state index is 8.61. The van der Waals surface area contributed by atoms with Crippen molar-refractivity contribution in [2.24, 2.45) is 0 Å². The minimum absolute atomic E-state index is 0.0450. The van der Waals surface area contributed by atoms with E-state index < -0.39 is 0 Å². The highest BCUT2D eigenvalue weighted by Crippen LogP contribution is 2.12. The average molecular weight is 240 g/mol. The first-order valence-electron chi connectivity index (χ1n) is 5.68. The van der Waals surface area contributed by atoms with Crippen molar-refractivity contribution < 1.29 is 9.84 Å². The normalized spacial score (nSPS) is 10.8. The molecule has 1 aromatic rings. The van der Waals surface area contributed by atoms with Gasteiger partial charge in [0.2, 0.25) is 0 Å². The molecule has 0 aliphatic heterocycles. The van der Waals surface area contributed by atoms with Crippen molar-refractivity contribution in [1.29, 1.82) is 0 Å². The van der Waals surface area contributed by atoms with Crippen LogP contribution in [0.15, 0.2) is 12.4 Å². The molecule has 6 nitrogen and oxygen atoms in total. The monoisotopic (exact) mass is 240 g/mol. The lowest BCUT2D eigenvalue weighted by molar-refractivity contribution is 0.0960. The Morgan fingerprint density at radius 1 is 1.35 bits per heavy atom. The molecule has 17 heavy (non-hydrogen) atoms. The molecular weight excluding hydrogens is 220 g/mol. The molecule has 3 N–H and O–H groups in total. The van der Waals surface area contributed by atoms with Crippen molar-refractivity contribution in [3.8, 4) is 0 Å². The Balaban J connectivity index is 2.56. The van der Waals surface area contributed by atoms with Crippen LogP contribution in [-0.4, -0.2) is 47.5 Å². The second-order valence-corrected chi connectivity index (χ2v) is 3.92. The van der Waals surface area contributed by atoms with Gasteiger partial charge in [0.25, 0.3) is 0 Å². The highest BCUT2D eigenvalue weighted by molar-refractivity contribution is 5.40. The van der Waals surface area contributed by atoms with Crippen molar-refractivity contribution in [2.75, 3.05) is 37.0 Å². The maximum Gasteiger partial charge on any atom is 0.147 e. The Morgan fingerprint density at radius 2 is 2.12 bits per heavy atom. The summed E-state index contributed by atoms with van der Waals surface area (Å²) in [4.78, 5) is 10.3. The first-order valence-corrected chi connectivity index (χ1v) is 5.68. The van der Waals surface area contributed by atoms with Gasteiger partial charge in [-0.15, -0.1) is 0 Å². The molecule has 0 unspecified atom stereocenters. The van der Waals surface area contributed by atoms with Gasteiger partial charge in [-0.1, -0.05) is 0 Å². The van der Waals surface area contributed by atoms with Gasteiger partial charge in [0.15, 0.2) is 0 Å². The molecule has 6 heteroatoms. The van der Waals surface area contributed by atoms with Crippen molar-refractivity contribution in [1.82, 2.24) is 9.97 Å². The standard InChI is InChI=1S/C11H20N4O2/c1-9(2)15(3-5-17-6-4-16)11-8-13-10(12)7-14-11/h7-9,16H,3-6H2,1-2H3,(H2,12,13). The van der Waals surface area contributed by atoms with Crippen LogP contribution in [0.1, 0.15) is 13.8 Å². The van der Waals surface area contributed by atoms with Gasteiger partial charge in [0, 0.05) is 12.6 Å². The minimum Gasteiger partial charge on any atom is -0.394 e. The fraction of sp³-hybridized carbons (Fsp3) is 0.636. The van der Waals surface area contributed by atoms with E-state index in [4.69, 9.17) is 15.6 Å². The number of aromatic nitrogens is 2. The van der Waals surface area contributed by atoms with E-state index in [1.807, 2.05) is 0 Å². The Bertz CT molecular complexity index is 316. The molecule has 0 bridgehead atoms. The lowest BCUT2D eigenvalue weighted by Crippen LogP contribution is -2.35. The van der Waals surface area contributed by atoms with Gasteiger partial charge in [-0.05, 0) is 13.8 Å². The van der Waals surface area contributed by atoms with E-state index in [2.05, 4.69) is 28.7 Å². The summed E-state index contributed by atoms with van der Waals surface area (Å²) in [7, 11) is 0. The average Bonchev–Trinajstić information content (AvgIpc) is 2.30. The molecule has 0 aliphatic rings. The summed E-state index contributed by atoms with van der Waals surface area (Å²) < 4.78 is 5.24. The lowest BCUT2D eigenvalue weighted by atomic mass is 10.3. The number of nitrogens with zero attached hydrogens (tertiary/aromatic N) is 3. The van der Waals surface area contributed by atoms with Crippen LogP contribution in [0.3, 0.4) is 0 Å². The summed E-state index contributed by atoms with van der Waals surface area (Å²) in [6.45, 7) is 5.80. The summed E-state index contributed by atoms with van der Waals surface area (Å²) in [5.41, 5.74) is 5.50. The molecule has 1 rings (SSSR count). The van der Waals surface area contributed by atoms with Crippen LogP contribution >= 0.6 is 0 Å². The first kappa shape index (κ1) is 13.7. The van der Waals surface area contributed by atoms with Crippen LogP contribution in [0, 0.1) is 0 Å². The molecule has 0 radical (unpaired) electrons. The molecular formula is C11H20N4O2. The Labute approximate surface area is 101 Å². The molecule has 0 saturated heterocycles. The number of hydrogen-bond donors (Lipinski definition) is 2. The zero-order valence-corrected chi connectivity index (χ0v) is 10.3. The number of rotatable bonds is 7. The Morgan fingerprint density at radius 3 is 2.65 bits per heavy atom. The van der Waals surface area contributed by atoms with Gasteiger partial charge in [0.05, 0.1) is 32.2 Å². The topological polar surface area (TPSA) is 84.5 Å². The van der Waals surface area contributed by atoms with Gasteiger partial charge < -0.3 is 20.5 Å².